The van der Waals surface area contributed by atoms with Crippen molar-refractivity contribution >= 4 is 39.1 Å². The number of hydrogen-bond acceptors (Lipinski definition) is 5. The molecule has 4 aromatic carbocycles. The number of ether oxygens (including phenoxy) is 1. The maximum atomic E-state index is 15.2. The summed E-state index contributed by atoms with van der Waals surface area (Å²) >= 11 is 6.43. The molecule has 0 bridgehead atoms. The van der Waals surface area contributed by atoms with Crippen molar-refractivity contribution in [3.8, 4) is 5.75 Å². The zero-order chi connectivity index (χ0) is 34.1. The maximum Gasteiger partial charge on any atom is 0.264 e. The Hall–Kier alpha value is -4.41. The molecule has 4 aromatic rings. The van der Waals surface area contributed by atoms with Crippen molar-refractivity contribution in [2.24, 2.45) is 0 Å². The monoisotopic (exact) mass is 691 g/mol. The SMILES string of the molecule is COc1ccc(N(CC(=O)N(Cc2ccccc2F)C(Cc2ccccc2)C(=O)NC2CCCCC2)S(=O)(=O)c2ccccc2)cc1Cl. The van der Waals surface area contributed by atoms with Gasteiger partial charge in [0.2, 0.25) is 11.8 Å². The molecule has 0 saturated heterocycles. The molecule has 0 spiro atoms. The van der Waals surface area contributed by atoms with Gasteiger partial charge in [0.1, 0.15) is 24.2 Å². The highest BCUT2D eigenvalue weighted by Gasteiger charge is 2.36. The smallest absolute Gasteiger partial charge is 0.264 e. The third-order valence-electron chi connectivity index (χ3n) is 8.55. The number of carbonyl (C=O) groups excluding carboxylic acids is 2. The predicted octanol–water partition coefficient (Wildman–Crippen LogP) is 6.77. The number of carbonyl (C=O) groups is 2. The standard InChI is InChI=1S/C37H39ClFN3O5S/c1-47-35-22-21-30(24-32(35)38)42(48(45,46)31-18-9-4-10-19-31)26-36(43)41(25-28-15-11-12-20-33(28)39)34(23-27-13-5-2-6-14-27)37(44)40-29-16-7-3-8-17-29/h2,4-6,9-15,18-22,24,29,34H,3,7-8,16-17,23,25-26H2,1H3,(H,40,44). The summed E-state index contributed by atoms with van der Waals surface area (Å²) in [5.74, 6) is -1.28. The minimum atomic E-state index is -4.32. The first kappa shape index (κ1) is 34.9. The Labute approximate surface area is 286 Å². The van der Waals surface area contributed by atoms with Crippen LogP contribution in [0.4, 0.5) is 10.1 Å². The number of amides is 2. The van der Waals surface area contributed by atoms with E-state index in [2.05, 4.69) is 5.32 Å². The van der Waals surface area contributed by atoms with Gasteiger partial charge in [-0.1, -0.05) is 97.6 Å². The van der Waals surface area contributed by atoms with Gasteiger partial charge in [-0.15, -0.1) is 0 Å². The summed E-state index contributed by atoms with van der Waals surface area (Å²) in [6, 6.07) is 26.3. The summed E-state index contributed by atoms with van der Waals surface area (Å²) in [6.45, 7) is -0.944. The van der Waals surface area contributed by atoms with Crippen molar-refractivity contribution in [2.75, 3.05) is 18.0 Å². The Bertz CT molecular complexity index is 1800. The van der Waals surface area contributed by atoms with Gasteiger partial charge in [-0.2, -0.15) is 0 Å². The van der Waals surface area contributed by atoms with E-state index >= 15 is 4.39 Å². The molecular formula is C37H39ClFN3O5S. The van der Waals surface area contributed by atoms with E-state index in [0.29, 0.717) is 5.75 Å². The molecule has 0 heterocycles. The second kappa shape index (κ2) is 16.1. The highest BCUT2D eigenvalue weighted by atomic mass is 35.5. The fourth-order valence-corrected chi connectivity index (χ4v) is 7.65. The third kappa shape index (κ3) is 8.54. The van der Waals surface area contributed by atoms with Crippen molar-refractivity contribution < 1.29 is 27.1 Å². The second-order valence-electron chi connectivity index (χ2n) is 11.8. The number of sulfonamides is 1. The highest BCUT2D eigenvalue weighted by Crippen LogP contribution is 2.32. The van der Waals surface area contributed by atoms with E-state index in [-0.39, 0.29) is 46.1 Å². The number of halogens is 2. The topological polar surface area (TPSA) is 96.0 Å². The van der Waals surface area contributed by atoms with Crippen molar-refractivity contribution in [1.29, 1.82) is 0 Å². The van der Waals surface area contributed by atoms with Crippen molar-refractivity contribution in [3.63, 3.8) is 0 Å². The van der Waals surface area contributed by atoms with Gasteiger partial charge in [0.25, 0.3) is 10.0 Å². The van der Waals surface area contributed by atoms with Crippen LogP contribution in [0, 0.1) is 5.82 Å². The lowest BCUT2D eigenvalue weighted by Gasteiger charge is -2.35. The Morgan fingerprint density at radius 3 is 2.21 bits per heavy atom. The molecule has 1 fully saturated rings. The van der Waals surface area contributed by atoms with Gasteiger partial charge >= 0.3 is 0 Å². The second-order valence-corrected chi connectivity index (χ2v) is 14.1. The number of nitrogens with one attached hydrogen (secondary N) is 1. The Morgan fingerprint density at radius 1 is 0.917 bits per heavy atom. The van der Waals surface area contributed by atoms with Gasteiger partial charge in [0.15, 0.2) is 0 Å². The van der Waals surface area contributed by atoms with Gasteiger partial charge in [-0.3, -0.25) is 13.9 Å². The molecule has 1 unspecified atom stereocenters. The van der Waals surface area contributed by atoms with Crippen LogP contribution in [0.5, 0.6) is 5.75 Å². The Kier molecular flexibility index (Phi) is 11.7. The quantitative estimate of drug-likeness (QED) is 0.167. The fourth-order valence-electron chi connectivity index (χ4n) is 5.97. The average molecular weight is 692 g/mol. The van der Waals surface area contributed by atoms with Gasteiger partial charge < -0.3 is 15.0 Å². The van der Waals surface area contributed by atoms with E-state index in [1.54, 1.807) is 36.4 Å². The molecule has 1 atom stereocenters. The molecule has 8 nitrogen and oxygen atoms in total. The highest BCUT2D eigenvalue weighted by molar-refractivity contribution is 7.92. The average Bonchev–Trinajstić information content (AvgIpc) is 3.10. The molecule has 48 heavy (non-hydrogen) atoms. The summed E-state index contributed by atoms with van der Waals surface area (Å²) in [4.78, 5) is 30.0. The first-order valence-corrected chi connectivity index (χ1v) is 17.8. The van der Waals surface area contributed by atoms with E-state index in [1.165, 1.54) is 48.4 Å². The molecule has 2 amide bonds. The number of hydrogen-bond donors (Lipinski definition) is 1. The van der Waals surface area contributed by atoms with E-state index < -0.39 is 34.3 Å². The van der Waals surface area contributed by atoms with Crippen LogP contribution in [-0.2, 0) is 32.6 Å². The maximum absolute atomic E-state index is 15.2. The largest absolute Gasteiger partial charge is 0.495 e. The van der Waals surface area contributed by atoms with Gasteiger partial charge in [0.05, 0.1) is 22.7 Å². The molecule has 5 rings (SSSR count). The van der Waals surface area contributed by atoms with Crippen LogP contribution in [0.15, 0.2) is 108 Å². The lowest BCUT2D eigenvalue weighted by molar-refractivity contribution is -0.140. The molecule has 0 radical (unpaired) electrons. The van der Waals surface area contributed by atoms with Crippen molar-refractivity contribution in [2.45, 2.75) is 62.0 Å². The molecule has 11 heteroatoms. The van der Waals surface area contributed by atoms with Crippen molar-refractivity contribution in [3.05, 3.63) is 125 Å². The summed E-state index contributed by atoms with van der Waals surface area (Å²) in [6.07, 6.45) is 4.86. The lowest BCUT2D eigenvalue weighted by Crippen LogP contribution is -2.55. The Balaban J connectivity index is 1.58. The van der Waals surface area contributed by atoms with Crippen LogP contribution in [0.2, 0.25) is 5.02 Å². The Morgan fingerprint density at radius 2 is 1.56 bits per heavy atom. The van der Waals surface area contributed by atoms with Crippen LogP contribution < -0.4 is 14.4 Å². The third-order valence-corrected chi connectivity index (χ3v) is 10.6. The van der Waals surface area contributed by atoms with E-state index in [9.17, 15) is 18.0 Å². The summed E-state index contributed by atoms with van der Waals surface area (Å²) in [5, 5.41) is 3.29. The summed E-state index contributed by atoms with van der Waals surface area (Å²) in [7, 11) is -2.88. The summed E-state index contributed by atoms with van der Waals surface area (Å²) < 4.78 is 49.7. The molecule has 1 N–H and O–H groups in total. The number of nitrogens with zero attached hydrogens (tertiary/aromatic N) is 2. The van der Waals surface area contributed by atoms with Crippen LogP contribution in [0.3, 0.4) is 0 Å². The molecule has 0 aromatic heterocycles. The molecule has 1 aliphatic rings. The van der Waals surface area contributed by atoms with Crippen LogP contribution >= 0.6 is 11.6 Å². The van der Waals surface area contributed by atoms with Gasteiger partial charge in [0, 0.05) is 24.6 Å². The minimum absolute atomic E-state index is 0.0405. The molecule has 1 aliphatic carbocycles. The van der Waals surface area contributed by atoms with Crippen molar-refractivity contribution in [1.82, 2.24) is 10.2 Å². The summed E-state index contributed by atoms with van der Waals surface area (Å²) in [5.41, 5.74) is 1.11. The zero-order valence-corrected chi connectivity index (χ0v) is 28.3. The predicted molar refractivity (Wildman–Crippen MR) is 185 cm³/mol. The number of benzene rings is 4. The normalized spacial score (nSPS) is 14.1. The number of anilines is 1. The van der Waals surface area contributed by atoms with Gasteiger partial charge in [-0.25, -0.2) is 12.8 Å². The van der Waals surface area contributed by atoms with E-state index in [4.69, 9.17) is 16.3 Å². The molecule has 252 valence electrons. The van der Waals surface area contributed by atoms with Crippen LogP contribution in [0.1, 0.15) is 43.2 Å². The first-order chi connectivity index (χ1) is 23.2. The number of rotatable bonds is 13. The van der Waals surface area contributed by atoms with E-state index in [0.717, 1.165) is 42.0 Å². The molecular weight excluding hydrogens is 653 g/mol. The minimum Gasteiger partial charge on any atom is -0.495 e. The first-order valence-electron chi connectivity index (χ1n) is 16.0. The lowest BCUT2D eigenvalue weighted by atomic mass is 9.94. The molecule has 1 saturated carbocycles. The van der Waals surface area contributed by atoms with Crippen LogP contribution in [-0.4, -0.2) is 50.9 Å². The zero-order valence-electron chi connectivity index (χ0n) is 26.7. The molecule has 0 aliphatic heterocycles. The van der Waals surface area contributed by atoms with Gasteiger partial charge in [-0.05, 0) is 54.8 Å². The fraction of sp³-hybridized carbons (Fsp3) is 0.297. The number of methoxy groups -OCH3 is 1. The van der Waals surface area contributed by atoms with Crippen LogP contribution in [0.25, 0.3) is 0 Å². The van der Waals surface area contributed by atoms with E-state index in [1.807, 2.05) is 30.3 Å².